The van der Waals surface area contributed by atoms with Crippen LogP contribution in [0.25, 0.3) is 0 Å². The molecule has 1 unspecified atom stereocenters. The fourth-order valence-corrected chi connectivity index (χ4v) is 3.38. The summed E-state index contributed by atoms with van der Waals surface area (Å²) >= 11 is 1.77. The van der Waals surface area contributed by atoms with Crippen LogP contribution in [0.5, 0.6) is 0 Å². The van der Waals surface area contributed by atoms with E-state index >= 15 is 0 Å². The number of nitrogens with zero attached hydrogens (tertiary/aromatic N) is 1. The first-order valence-electron chi connectivity index (χ1n) is 5.98. The van der Waals surface area contributed by atoms with Gasteiger partial charge in [0, 0.05) is 11.4 Å². The van der Waals surface area contributed by atoms with Crippen LogP contribution >= 0.6 is 11.3 Å². The minimum atomic E-state index is -0.0547. The Morgan fingerprint density at radius 2 is 2.29 bits per heavy atom. The highest BCUT2D eigenvalue weighted by molar-refractivity contribution is 7.10. The largest absolute Gasteiger partial charge is 0.335 e. The van der Waals surface area contributed by atoms with Gasteiger partial charge in [-0.2, -0.15) is 0 Å². The number of carbonyl (C=O) groups excluding carboxylic acids is 2. The molecule has 1 aliphatic rings. The van der Waals surface area contributed by atoms with Gasteiger partial charge in [-0.15, -0.1) is 11.3 Å². The van der Waals surface area contributed by atoms with Crippen LogP contribution in [-0.4, -0.2) is 23.1 Å². The van der Waals surface area contributed by atoms with Crippen LogP contribution in [0.4, 0.5) is 0 Å². The number of ketones is 1. The summed E-state index contributed by atoms with van der Waals surface area (Å²) in [6, 6.07) is 2.28. The molecule has 3 nitrogen and oxygen atoms in total. The summed E-state index contributed by atoms with van der Waals surface area (Å²) in [5.41, 5.74) is 1.28. The van der Waals surface area contributed by atoms with Crippen LogP contribution in [0, 0.1) is 0 Å². The van der Waals surface area contributed by atoms with Gasteiger partial charge in [-0.05, 0) is 36.8 Å². The Kier molecular flexibility index (Phi) is 3.62. The van der Waals surface area contributed by atoms with Crippen LogP contribution in [0.15, 0.2) is 11.4 Å². The van der Waals surface area contributed by atoms with Gasteiger partial charge in [0.1, 0.15) is 5.78 Å². The molecule has 0 aromatic carbocycles. The Labute approximate surface area is 105 Å². The first-order chi connectivity index (χ1) is 8.13. The third-order valence-corrected chi connectivity index (χ3v) is 4.20. The fourth-order valence-electron chi connectivity index (χ4n) is 2.45. The summed E-state index contributed by atoms with van der Waals surface area (Å²) < 4.78 is 0. The van der Waals surface area contributed by atoms with E-state index in [1.54, 1.807) is 11.3 Å². The lowest BCUT2D eigenvalue weighted by atomic mass is 9.97. The Hall–Kier alpha value is -1.16. The van der Waals surface area contributed by atoms with Crippen molar-refractivity contribution in [3.63, 3.8) is 0 Å². The third kappa shape index (κ3) is 2.41. The number of hydrogen-bond acceptors (Lipinski definition) is 3. The van der Waals surface area contributed by atoms with Crippen molar-refractivity contribution >= 4 is 23.0 Å². The van der Waals surface area contributed by atoms with E-state index < -0.39 is 0 Å². The van der Waals surface area contributed by atoms with Gasteiger partial charge in [-0.1, -0.05) is 6.92 Å². The molecule has 0 fully saturated rings. The molecule has 0 aliphatic carbocycles. The fraction of sp³-hybridized carbons (Fsp3) is 0.538. The zero-order chi connectivity index (χ0) is 12.4. The second-order valence-electron chi connectivity index (χ2n) is 4.44. The average molecular weight is 251 g/mol. The lowest BCUT2D eigenvalue weighted by Gasteiger charge is -2.35. The van der Waals surface area contributed by atoms with E-state index in [1.807, 2.05) is 4.90 Å². The van der Waals surface area contributed by atoms with Gasteiger partial charge >= 0.3 is 0 Å². The molecular formula is C13H17NO2S. The van der Waals surface area contributed by atoms with Crippen LogP contribution in [0.2, 0.25) is 0 Å². The highest BCUT2D eigenvalue weighted by Crippen LogP contribution is 2.35. The van der Waals surface area contributed by atoms with Crippen molar-refractivity contribution in [1.29, 1.82) is 0 Å². The highest BCUT2D eigenvalue weighted by Gasteiger charge is 2.30. The monoisotopic (exact) mass is 251 g/mol. The van der Waals surface area contributed by atoms with E-state index in [4.69, 9.17) is 0 Å². The number of fused-ring (bicyclic) bond motifs is 1. The molecule has 0 saturated carbocycles. The average Bonchev–Trinajstić information content (AvgIpc) is 2.74. The SMILES string of the molecule is CCC1c2ccsc2CCN1C(=O)CC(C)=O. The first kappa shape index (κ1) is 12.3. The molecule has 0 spiro atoms. The third-order valence-electron chi connectivity index (χ3n) is 3.20. The Morgan fingerprint density at radius 1 is 1.53 bits per heavy atom. The standard InChI is InChI=1S/C13H17NO2S/c1-3-11-10-5-7-17-12(10)4-6-14(11)13(16)8-9(2)15/h5,7,11H,3-4,6,8H2,1-2H3. The van der Waals surface area contributed by atoms with Crippen molar-refractivity contribution in [2.45, 2.75) is 39.2 Å². The van der Waals surface area contributed by atoms with E-state index in [2.05, 4.69) is 18.4 Å². The summed E-state index contributed by atoms with van der Waals surface area (Å²) in [6.45, 7) is 4.31. The molecular weight excluding hydrogens is 234 g/mol. The Balaban J connectivity index is 2.20. The molecule has 0 N–H and O–H groups in total. The van der Waals surface area contributed by atoms with Gasteiger partial charge in [0.25, 0.3) is 0 Å². The molecule has 4 heteroatoms. The zero-order valence-electron chi connectivity index (χ0n) is 10.2. The molecule has 0 saturated heterocycles. The van der Waals surface area contributed by atoms with E-state index in [1.165, 1.54) is 17.4 Å². The van der Waals surface area contributed by atoms with Crippen molar-refractivity contribution in [1.82, 2.24) is 4.90 Å². The second-order valence-corrected chi connectivity index (χ2v) is 5.44. The molecule has 17 heavy (non-hydrogen) atoms. The predicted molar refractivity (Wildman–Crippen MR) is 68.1 cm³/mol. The van der Waals surface area contributed by atoms with Crippen molar-refractivity contribution in [2.24, 2.45) is 0 Å². The number of carbonyl (C=O) groups is 2. The maximum absolute atomic E-state index is 12.0. The number of rotatable bonds is 3. The smallest absolute Gasteiger partial charge is 0.230 e. The molecule has 1 aromatic heterocycles. The van der Waals surface area contributed by atoms with Crippen molar-refractivity contribution in [3.05, 3.63) is 21.9 Å². The van der Waals surface area contributed by atoms with E-state index in [0.717, 1.165) is 19.4 Å². The first-order valence-corrected chi connectivity index (χ1v) is 6.86. The van der Waals surface area contributed by atoms with Crippen LogP contribution in [-0.2, 0) is 16.0 Å². The quantitative estimate of drug-likeness (QED) is 0.774. The second kappa shape index (κ2) is 5.00. The van der Waals surface area contributed by atoms with Gasteiger partial charge in [0.2, 0.25) is 5.91 Å². The van der Waals surface area contributed by atoms with Gasteiger partial charge in [-0.3, -0.25) is 9.59 Å². The van der Waals surface area contributed by atoms with Gasteiger partial charge in [0.05, 0.1) is 12.5 Å². The summed E-state index contributed by atoms with van der Waals surface area (Å²) in [7, 11) is 0. The van der Waals surface area contributed by atoms with E-state index in [-0.39, 0.29) is 24.2 Å². The highest BCUT2D eigenvalue weighted by atomic mass is 32.1. The summed E-state index contributed by atoms with van der Waals surface area (Å²) in [6.07, 6.45) is 1.87. The van der Waals surface area contributed by atoms with Crippen molar-refractivity contribution < 1.29 is 9.59 Å². The molecule has 0 radical (unpaired) electrons. The topological polar surface area (TPSA) is 37.4 Å². The minimum absolute atomic E-state index is 0.0267. The number of Topliss-reactive ketones (excluding diaryl/α,β-unsaturated/α-hetero) is 1. The zero-order valence-corrected chi connectivity index (χ0v) is 11.0. The van der Waals surface area contributed by atoms with Gasteiger partial charge < -0.3 is 4.90 Å². The van der Waals surface area contributed by atoms with Crippen LogP contribution in [0.3, 0.4) is 0 Å². The normalized spacial score (nSPS) is 18.9. The minimum Gasteiger partial charge on any atom is -0.335 e. The maximum Gasteiger partial charge on any atom is 0.230 e. The predicted octanol–water partition coefficient (Wildman–Crippen LogP) is 2.56. The summed E-state index contributed by atoms with van der Waals surface area (Å²) in [5.74, 6) is -0.0813. The van der Waals surface area contributed by atoms with Crippen LogP contribution < -0.4 is 0 Å². The Morgan fingerprint density at radius 3 is 2.94 bits per heavy atom. The molecule has 2 rings (SSSR count). The van der Waals surface area contributed by atoms with E-state index in [9.17, 15) is 9.59 Å². The summed E-state index contributed by atoms with van der Waals surface area (Å²) in [4.78, 5) is 26.3. The maximum atomic E-state index is 12.0. The molecule has 1 atom stereocenters. The Bertz CT molecular complexity index is 438. The number of thiophene rings is 1. The molecule has 0 bridgehead atoms. The lowest BCUT2D eigenvalue weighted by Crippen LogP contribution is -2.39. The van der Waals surface area contributed by atoms with Gasteiger partial charge in [-0.25, -0.2) is 0 Å². The van der Waals surface area contributed by atoms with Crippen molar-refractivity contribution in [3.8, 4) is 0 Å². The van der Waals surface area contributed by atoms with Crippen LogP contribution in [0.1, 0.15) is 43.2 Å². The molecule has 1 aliphatic heterocycles. The van der Waals surface area contributed by atoms with Crippen molar-refractivity contribution in [2.75, 3.05) is 6.54 Å². The molecule has 1 aromatic rings. The number of hydrogen-bond donors (Lipinski definition) is 0. The molecule has 92 valence electrons. The molecule has 2 heterocycles. The molecule has 1 amide bonds. The van der Waals surface area contributed by atoms with E-state index in [0.29, 0.717) is 0 Å². The lowest BCUT2D eigenvalue weighted by molar-refractivity contribution is -0.137. The summed E-state index contributed by atoms with van der Waals surface area (Å²) in [5, 5.41) is 2.09. The number of amides is 1. The van der Waals surface area contributed by atoms with Gasteiger partial charge in [0.15, 0.2) is 0 Å².